The highest BCUT2D eigenvalue weighted by Crippen LogP contribution is 2.27. The molecule has 3 rings (SSSR count). The van der Waals surface area contributed by atoms with Gasteiger partial charge < -0.3 is 10.2 Å². The number of piperidine rings is 1. The highest BCUT2D eigenvalue weighted by molar-refractivity contribution is 5.84. The van der Waals surface area contributed by atoms with Crippen LogP contribution in [-0.4, -0.2) is 56.1 Å². The molecular weight excluding hydrogens is 236 g/mol. The van der Waals surface area contributed by atoms with Crippen LogP contribution in [0.2, 0.25) is 0 Å². The second kappa shape index (κ2) is 4.35. The van der Waals surface area contributed by atoms with Gasteiger partial charge in [-0.1, -0.05) is 0 Å². The van der Waals surface area contributed by atoms with Crippen LogP contribution in [0.3, 0.4) is 0 Å². The largest absolute Gasteiger partial charge is 0.354 e. The van der Waals surface area contributed by atoms with Gasteiger partial charge >= 0.3 is 0 Å². The average Bonchev–Trinajstić information content (AvgIpc) is 3.00. The first-order valence-electron chi connectivity index (χ1n) is 6.03. The third kappa shape index (κ3) is 1.83. The molecule has 1 aromatic rings. The third-order valence-corrected chi connectivity index (χ3v) is 3.61. The number of carbonyl (C=O) groups excluding carboxylic acids is 2. The predicted octanol–water partition coefficient (Wildman–Crippen LogP) is -1.59. The van der Waals surface area contributed by atoms with E-state index in [1.54, 1.807) is 4.90 Å². The van der Waals surface area contributed by atoms with Crippen LogP contribution in [0.5, 0.6) is 0 Å². The highest BCUT2D eigenvalue weighted by atomic mass is 16.2. The molecule has 0 unspecified atom stereocenters. The zero-order valence-corrected chi connectivity index (χ0v) is 9.82. The molecule has 2 amide bonds. The first-order chi connectivity index (χ1) is 8.75. The molecule has 96 valence electrons. The number of rotatable bonds is 2. The van der Waals surface area contributed by atoms with E-state index in [0.29, 0.717) is 13.1 Å². The fourth-order valence-electron chi connectivity index (χ4n) is 2.74. The molecule has 8 heteroatoms. The van der Waals surface area contributed by atoms with Crippen LogP contribution in [0, 0.1) is 5.92 Å². The van der Waals surface area contributed by atoms with Crippen molar-refractivity contribution in [2.24, 2.45) is 5.92 Å². The highest BCUT2D eigenvalue weighted by Gasteiger charge is 2.42. The second-order valence-corrected chi connectivity index (χ2v) is 4.66. The normalized spacial score (nSPS) is 26.9. The molecule has 2 aliphatic rings. The molecule has 1 aromatic heterocycles. The van der Waals surface area contributed by atoms with E-state index in [1.807, 2.05) is 0 Å². The van der Waals surface area contributed by atoms with Gasteiger partial charge in [0, 0.05) is 13.1 Å². The van der Waals surface area contributed by atoms with Crippen molar-refractivity contribution in [3.05, 3.63) is 6.33 Å². The van der Waals surface area contributed by atoms with Gasteiger partial charge in [-0.2, -0.15) is 0 Å². The molecule has 2 saturated heterocycles. The van der Waals surface area contributed by atoms with Crippen molar-refractivity contribution in [3.8, 4) is 0 Å². The second-order valence-electron chi connectivity index (χ2n) is 4.66. The van der Waals surface area contributed by atoms with Gasteiger partial charge in [-0.3, -0.25) is 9.59 Å². The Morgan fingerprint density at radius 2 is 2.44 bits per heavy atom. The van der Waals surface area contributed by atoms with Crippen molar-refractivity contribution in [1.82, 2.24) is 30.4 Å². The first kappa shape index (κ1) is 11.1. The van der Waals surface area contributed by atoms with E-state index in [9.17, 15) is 9.59 Å². The van der Waals surface area contributed by atoms with E-state index in [0.717, 1.165) is 12.8 Å². The molecule has 3 heterocycles. The lowest BCUT2D eigenvalue weighted by Crippen LogP contribution is -2.49. The molecule has 0 aromatic carbocycles. The number of hydrogen-bond donors (Lipinski definition) is 1. The summed E-state index contributed by atoms with van der Waals surface area (Å²) in [5.41, 5.74) is 0. The number of hydrogen-bond acceptors (Lipinski definition) is 5. The molecule has 0 spiro atoms. The van der Waals surface area contributed by atoms with E-state index in [4.69, 9.17) is 0 Å². The monoisotopic (exact) mass is 250 g/mol. The molecule has 0 aliphatic carbocycles. The molecule has 0 saturated carbocycles. The Morgan fingerprint density at radius 1 is 1.56 bits per heavy atom. The third-order valence-electron chi connectivity index (χ3n) is 3.61. The lowest BCUT2D eigenvalue weighted by molar-refractivity contribution is -0.137. The predicted molar refractivity (Wildman–Crippen MR) is 59.1 cm³/mol. The summed E-state index contributed by atoms with van der Waals surface area (Å²) in [7, 11) is 0. The van der Waals surface area contributed by atoms with E-state index in [2.05, 4.69) is 20.8 Å². The van der Waals surface area contributed by atoms with E-state index in [-0.39, 0.29) is 30.3 Å². The number of amides is 2. The van der Waals surface area contributed by atoms with Crippen LogP contribution in [0.25, 0.3) is 0 Å². The maximum absolute atomic E-state index is 12.2. The number of likely N-dealkylation sites (tertiary alicyclic amines) is 1. The van der Waals surface area contributed by atoms with Crippen LogP contribution in [0.15, 0.2) is 6.33 Å². The molecule has 0 bridgehead atoms. The number of tetrazole rings is 1. The number of carbonyl (C=O) groups is 2. The van der Waals surface area contributed by atoms with Gasteiger partial charge in [0.15, 0.2) is 0 Å². The summed E-state index contributed by atoms with van der Waals surface area (Å²) in [6.45, 7) is 1.40. The molecule has 0 radical (unpaired) electrons. The van der Waals surface area contributed by atoms with Gasteiger partial charge in [-0.05, 0) is 23.3 Å². The summed E-state index contributed by atoms with van der Waals surface area (Å²) in [6.07, 6.45) is 3.15. The van der Waals surface area contributed by atoms with Crippen molar-refractivity contribution < 1.29 is 9.59 Å². The van der Waals surface area contributed by atoms with Crippen molar-refractivity contribution in [3.63, 3.8) is 0 Å². The summed E-state index contributed by atoms with van der Waals surface area (Å²) < 4.78 is 1.40. The standard InChI is InChI=1S/C10H14N6O2/c17-9(5-15-6-12-13-14-15)16-3-1-2-7-8(16)4-11-10(7)18/h6-8H,1-5H2,(H,11,18)/t7-,8-/m1/s1. The van der Waals surface area contributed by atoms with Crippen LogP contribution in [-0.2, 0) is 16.1 Å². The molecule has 1 N–H and O–H groups in total. The SMILES string of the molecule is O=C1NC[C@@H]2[C@H]1CCCN2C(=O)Cn1cnnn1. The molecule has 2 atom stereocenters. The Hall–Kier alpha value is -1.99. The van der Waals surface area contributed by atoms with Crippen LogP contribution < -0.4 is 5.32 Å². The zero-order valence-electron chi connectivity index (χ0n) is 9.82. The molecule has 2 aliphatic heterocycles. The Kier molecular flexibility index (Phi) is 2.69. The van der Waals surface area contributed by atoms with Gasteiger partial charge in [0.25, 0.3) is 0 Å². The summed E-state index contributed by atoms with van der Waals surface area (Å²) >= 11 is 0. The van der Waals surface area contributed by atoms with Gasteiger partial charge in [0.1, 0.15) is 12.9 Å². The van der Waals surface area contributed by atoms with Gasteiger partial charge in [-0.25, -0.2) is 4.68 Å². The minimum absolute atomic E-state index is 0.00442. The average molecular weight is 250 g/mol. The fraction of sp³-hybridized carbons (Fsp3) is 0.700. The first-order valence-corrected chi connectivity index (χ1v) is 6.03. The van der Waals surface area contributed by atoms with Crippen molar-refractivity contribution >= 4 is 11.8 Å². The van der Waals surface area contributed by atoms with Gasteiger partial charge in [0.2, 0.25) is 11.8 Å². The summed E-state index contributed by atoms with van der Waals surface area (Å²) in [4.78, 5) is 25.6. The maximum atomic E-state index is 12.2. The van der Waals surface area contributed by atoms with Crippen molar-refractivity contribution in [2.45, 2.75) is 25.4 Å². The Bertz CT molecular complexity index is 459. The summed E-state index contributed by atoms with van der Waals surface area (Å²) in [6, 6.07) is -0.00442. The molecule has 18 heavy (non-hydrogen) atoms. The number of nitrogens with zero attached hydrogens (tertiary/aromatic N) is 5. The minimum Gasteiger partial charge on any atom is -0.354 e. The van der Waals surface area contributed by atoms with Crippen LogP contribution >= 0.6 is 0 Å². The van der Waals surface area contributed by atoms with E-state index >= 15 is 0 Å². The fourth-order valence-corrected chi connectivity index (χ4v) is 2.74. The molecule has 2 fully saturated rings. The van der Waals surface area contributed by atoms with Gasteiger partial charge in [0.05, 0.1) is 12.0 Å². The summed E-state index contributed by atoms with van der Waals surface area (Å²) in [5, 5.41) is 13.5. The van der Waals surface area contributed by atoms with Crippen LogP contribution in [0.1, 0.15) is 12.8 Å². The van der Waals surface area contributed by atoms with Gasteiger partial charge in [-0.15, -0.1) is 5.10 Å². The summed E-state index contributed by atoms with van der Waals surface area (Å²) in [5.74, 6) is -0.00926. The Morgan fingerprint density at radius 3 is 3.22 bits per heavy atom. The lowest BCUT2D eigenvalue weighted by atomic mass is 9.91. The van der Waals surface area contributed by atoms with Crippen LogP contribution in [0.4, 0.5) is 0 Å². The number of aromatic nitrogens is 4. The molecule has 8 nitrogen and oxygen atoms in total. The topological polar surface area (TPSA) is 93.0 Å². The smallest absolute Gasteiger partial charge is 0.244 e. The quantitative estimate of drug-likeness (QED) is 0.683. The minimum atomic E-state index is -0.0448. The Labute approximate surface area is 103 Å². The maximum Gasteiger partial charge on any atom is 0.244 e. The Balaban J connectivity index is 1.71. The number of nitrogens with one attached hydrogen (secondary N) is 1. The van der Waals surface area contributed by atoms with E-state index in [1.165, 1.54) is 11.0 Å². The van der Waals surface area contributed by atoms with E-state index < -0.39 is 0 Å². The zero-order chi connectivity index (χ0) is 12.5. The van der Waals surface area contributed by atoms with Crippen molar-refractivity contribution in [2.75, 3.05) is 13.1 Å². The lowest BCUT2D eigenvalue weighted by Gasteiger charge is -2.35. The van der Waals surface area contributed by atoms with Crippen molar-refractivity contribution in [1.29, 1.82) is 0 Å². The number of fused-ring (bicyclic) bond motifs is 1. The molecular formula is C10H14N6O2.